The fraction of sp³-hybridized carbons (Fsp3) is 0.267. The Kier molecular flexibility index (Phi) is 3.54. The van der Waals surface area contributed by atoms with Gasteiger partial charge in [0.15, 0.2) is 0 Å². The second kappa shape index (κ2) is 5.26. The number of carbonyl (C=O) groups is 1. The number of aromatic carboxylic acids is 1. The van der Waals surface area contributed by atoms with Crippen molar-refractivity contribution in [3.05, 3.63) is 41.7 Å². The van der Waals surface area contributed by atoms with Crippen molar-refractivity contribution in [3.63, 3.8) is 0 Å². The minimum atomic E-state index is -3.65. The number of hydrogen-bond acceptors (Lipinski definition) is 4. The minimum Gasteiger partial charge on any atom is -0.475 e. The van der Waals surface area contributed by atoms with E-state index in [0.717, 1.165) is 12.8 Å². The number of carboxylic acid groups (broad SMARTS) is 1. The van der Waals surface area contributed by atoms with E-state index in [2.05, 4.69) is 4.72 Å². The number of nitrogens with one attached hydrogen (secondary N) is 1. The van der Waals surface area contributed by atoms with E-state index in [0.29, 0.717) is 16.5 Å². The number of carboxylic acids is 1. The Morgan fingerprint density at radius 3 is 2.82 bits per heavy atom. The lowest BCUT2D eigenvalue weighted by atomic mass is 10.1. The molecule has 22 heavy (non-hydrogen) atoms. The molecule has 6 nitrogen and oxygen atoms in total. The summed E-state index contributed by atoms with van der Waals surface area (Å²) in [5, 5.41) is 9.54. The summed E-state index contributed by atoms with van der Waals surface area (Å²) in [4.78, 5) is 11.2. The summed E-state index contributed by atoms with van der Waals surface area (Å²) in [5.74, 6) is -1.34. The third-order valence-corrected chi connectivity index (χ3v) is 5.22. The molecule has 1 aliphatic carbocycles. The standard InChI is InChI=1S/C15H15NO5S/c1-9-12-8-11(6-7-13(12)21-14(9)15(17)18)22(19,20)16-10-4-2-3-5-10/h2,4,6-8,10,16H,3,5H2,1H3,(H,17,18). The van der Waals surface area contributed by atoms with E-state index >= 15 is 0 Å². The Balaban J connectivity index is 2.02. The monoisotopic (exact) mass is 321 g/mol. The molecule has 1 aromatic heterocycles. The molecule has 7 heteroatoms. The Labute approximate surface area is 127 Å². The summed E-state index contributed by atoms with van der Waals surface area (Å²) in [5.41, 5.74) is 0.773. The van der Waals surface area contributed by atoms with Gasteiger partial charge < -0.3 is 9.52 Å². The molecule has 0 saturated heterocycles. The average Bonchev–Trinajstić information content (AvgIpc) is 3.06. The van der Waals surface area contributed by atoms with Crippen molar-refractivity contribution in [1.82, 2.24) is 4.72 Å². The maximum atomic E-state index is 12.4. The number of benzene rings is 1. The van der Waals surface area contributed by atoms with Crippen molar-refractivity contribution < 1.29 is 22.7 Å². The lowest BCUT2D eigenvalue weighted by molar-refractivity contribution is 0.0664. The molecular weight excluding hydrogens is 306 g/mol. The van der Waals surface area contributed by atoms with Crippen molar-refractivity contribution in [2.75, 3.05) is 0 Å². The minimum absolute atomic E-state index is 0.0983. The van der Waals surface area contributed by atoms with Gasteiger partial charge in [-0.1, -0.05) is 12.2 Å². The van der Waals surface area contributed by atoms with Crippen LogP contribution in [0.2, 0.25) is 0 Å². The highest BCUT2D eigenvalue weighted by Gasteiger charge is 2.22. The molecule has 3 rings (SSSR count). The quantitative estimate of drug-likeness (QED) is 0.843. The van der Waals surface area contributed by atoms with Gasteiger partial charge in [-0.2, -0.15) is 0 Å². The second-order valence-corrected chi connectivity index (χ2v) is 6.97. The number of fused-ring (bicyclic) bond motifs is 1. The first-order valence-electron chi connectivity index (χ1n) is 6.84. The zero-order valence-electron chi connectivity index (χ0n) is 11.9. The lowest BCUT2D eigenvalue weighted by Crippen LogP contribution is -2.32. The van der Waals surface area contributed by atoms with Crippen LogP contribution in [0.1, 0.15) is 29.0 Å². The van der Waals surface area contributed by atoms with Crippen LogP contribution in [0.4, 0.5) is 0 Å². The summed E-state index contributed by atoms with van der Waals surface area (Å²) in [6, 6.07) is 4.15. The van der Waals surface area contributed by atoms with Gasteiger partial charge in [0.1, 0.15) is 5.58 Å². The van der Waals surface area contributed by atoms with Crippen molar-refractivity contribution in [2.45, 2.75) is 30.7 Å². The molecule has 1 heterocycles. The fourth-order valence-corrected chi connectivity index (χ4v) is 3.82. The number of hydrogen-bond donors (Lipinski definition) is 2. The smallest absolute Gasteiger partial charge is 0.372 e. The van der Waals surface area contributed by atoms with E-state index in [1.54, 1.807) is 6.92 Å². The molecule has 0 saturated carbocycles. The molecule has 0 spiro atoms. The largest absolute Gasteiger partial charge is 0.475 e. The molecule has 1 aliphatic rings. The molecule has 1 atom stereocenters. The number of sulfonamides is 1. The Morgan fingerprint density at radius 1 is 1.41 bits per heavy atom. The van der Waals surface area contributed by atoms with Crippen LogP contribution in [0.5, 0.6) is 0 Å². The van der Waals surface area contributed by atoms with Crippen LogP contribution in [0, 0.1) is 6.92 Å². The van der Waals surface area contributed by atoms with E-state index < -0.39 is 16.0 Å². The number of furan rings is 1. The molecule has 0 radical (unpaired) electrons. The van der Waals surface area contributed by atoms with Gasteiger partial charge in [-0.05, 0) is 38.0 Å². The molecule has 0 bridgehead atoms. The van der Waals surface area contributed by atoms with E-state index in [1.165, 1.54) is 18.2 Å². The maximum Gasteiger partial charge on any atom is 0.372 e. The third kappa shape index (κ3) is 2.53. The van der Waals surface area contributed by atoms with E-state index in [-0.39, 0.29) is 16.7 Å². The molecule has 2 aromatic rings. The molecule has 0 fully saturated rings. The van der Waals surface area contributed by atoms with Gasteiger partial charge in [0.25, 0.3) is 0 Å². The molecule has 1 unspecified atom stereocenters. The highest BCUT2D eigenvalue weighted by atomic mass is 32.2. The predicted molar refractivity (Wildman–Crippen MR) is 80.4 cm³/mol. The Bertz CT molecular complexity index is 879. The zero-order chi connectivity index (χ0) is 15.9. The first kappa shape index (κ1) is 14.8. The van der Waals surface area contributed by atoms with Gasteiger partial charge in [0.05, 0.1) is 4.90 Å². The number of allylic oxidation sites excluding steroid dienone is 1. The fourth-order valence-electron chi connectivity index (χ4n) is 2.57. The first-order valence-corrected chi connectivity index (χ1v) is 8.32. The molecular formula is C15H15NO5S. The van der Waals surface area contributed by atoms with Crippen molar-refractivity contribution in [3.8, 4) is 0 Å². The van der Waals surface area contributed by atoms with Crippen molar-refractivity contribution in [2.24, 2.45) is 0 Å². The first-order chi connectivity index (χ1) is 10.4. The molecule has 0 aliphatic heterocycles. The highest BCUT2D eigenvalue weighted by molar-refractivity contribution is 7.89. The third-order valence-electron chi connectivity index (χ3n) is 3.73. The Hall–Kier alpha value is -2.12. The van der Waals surface area contributed by atoms with Gasteiger partial charge >= 0.3 is 5.97 Å². The maximum absolute atomic E-state index is 12.4. The summed E-state index contributed by atoms with van der Waals surface area (Å²) < 4.78 is 32.6. The molecule has 116 valence electrons. The van der Waals surface area contributed by atoms with Gasteiger partial charge in [-0.25, -0.2) is 17.9 Å². The van der Waals surface area contributed by atoms with Gasteiger partial charge in [-0.3, -0.25) is 0 Å². The van der Waals surface area contributed by atoms with Crippen LogP contribution in [0.3, 0.4) is 0 Å². The topological polar surface area (TPSA) is 96.6 Å². The normalized spacial score (nSPS) is 18.1. The van der Waals surface area contributed by atoms with Crippen LogP contribution >= 0.6 is 0 Å². The SMILES string of the molecule is Cc1c(C(=O)O)oc2ccc(S(=O)(=O)NC3C=CCC3)cc12. The van der Waals surface area contributed by atoms with Crippen LogP contribution < -0.4 is 4.72 Å². The van der Waals surface area contributed by atoms with E-state index in [1.807, 2.05) is 12.2 Å². The summed E-state index contributed by atoms with van der Waals surface area (Å²) in [6.45, 7) is 1.60. The van der Waals surface area contributed by atoms with Crippen LogP contribution in [-0.4, -0.2) is 25.5 Å². The van der Waals surface area contributed by atoms with Crippen molar-refractivity contribution >= 4 is 27.0 Å². The predicted octanol–water partition coefficient (Wildman–Crippen LogP) is 2.44. The zero-order valence-corrected chi connectivity index (χ0v) is 12.7. The Morgan fingerprint density at radius 2 is 2.18 bits per heavy atom. The van der Waals surface area contributed by atoms with E-state index in [4.69, 9.17) is 9.52 Å². The van der Waals surface area contributed by atoms with Gasteiger partial charge in [0, 0.05) is 17.0 Å². The molecule has 2 N–H and O–H groups in total. The highest BCUT2D eigenvalue weighted by Crippen LogP contribution is 2.28. The number of aryl methyl sites for hydroxylation is 1. The molecule has 0 amide bonds. The average molecular weight is 321 g/mol. The van der Waals surface area contributed by atoms with Gasteiger partial charge in [-0.15, -0.1) is 0 Å². The number of rotatable bonds is 4. The van der Waals surface area contributed by atoms with Gasteiger partial charge in [0.2, 0.25) is 15.8 Å². The van der Waals surface area contributed by atoms with E-state index in [9.17, 15) is 13.2 Å². The van der Waals surface area contributed by atoms with Crippen LogP contribution in [0.25, 0.3) is 11.0 Å². The summed E-state index contributed by atoms with van der Waals surface area (Å²) in [6.07, 6.45) is 5.38. The molecule has 1 aromatic carbocycles. The van der Waals surface area contributed by atoms with Crippen LogP contribution in [0.15, 0.2) is 39.7 Å². The van der Waals surface area contributed by atoms with Crippen molar-refractivity contribution in [1.29, 1.82) is 0 Å². The summed E-state index contributed by atoms with van der Waals surface area (Å²) in [7, 11) is -3.65. The second-order valence-electron chi connectivity index (χ2n) is 5.25. The van der Waals surface area contributed by atoms with Crippen LogP contribution in [-0.2, 0) is 10.0 Å². The lowest BCUT2D eigenvalue weighted by Gasteiger charge is -2.11. The summed E-state index contributed by atoms with van der Waals surface area (Å²) >= 11 is 0.